The van der Waals surface area contributed by atoms with E-state index in [1.54, 1.807) is 9.80 Å². The molecule has 2 rings (SSSR count). The monoisotopic (exact) mass is 283 g/mol. The minimum absolute atomic E-state index is 0.00335. The van der Waals surface area contributed by atoms with E-state index in [0.717, 1.165) is 13.0 Å². The van der Waals surface area contributed by atoms with E-state index in [-0.39, 0.29) is 12.1 Å². The Morgan fingerprint density at radius 3 is 2.40 bits per heavy atom. The third-order valence-electron chi connectivity index (χ3n) is 4.23. The summed E-state index contributed by atoms with van der Waals surface area (Å²) in [7, 11) is 1.39. The largest absolute Gasteiger partial charge is 0.453 e. The number of ether oxygens (including phenoxy) is 1. The number of carbonyl (C=O) groups excluding carboxylic acids is 2. The maximum absolute atomic E-state index is 12.1. The van der Waals surface area contributed by atoms with E-state index in [1.165, 1.54) is 32.8 Å². The third kappa shape index (κ3) is 4.02. The number of nitrogens with zero attached hydrogens (tertiary/aromatic N) is 2. The van der Waals surface area contributed by atoms with Crippen molar-refractivity contribution in [2.75, 3.05) is 39.8 Å². The van der Waals surface area contributed by atoms with E-state index >= 15 is 0 Å². The highest BCUT2D eigenvalue weighted by Gasteiger charge is 2.23. The number of hydrogen-bond donors (Lipinski definition) is 1. The summed E-state index contributed by atoms with van der Waals surface area (Å²) in [5, 5.41) is 3.03. The molecule has 0 unspecified atom stereocenters. The van der Waals surface area contributed by atoms with Crippen LogP contribution in [0.4, 0.5) is 9.59 Å². The van der Waals surface area contributed by atoms with E-state index in [0.29, 0.717) is 32.1 Å². The second-order valence-electron chi connectivity index (χ2n) is 5.63. The Morgan fingerprint density at radius 2 is 1.70 bits per heavy atom. The van der Waals surface area contributed by atoms with Crippen LogP contribution in [0.5, 0.6) is 0 Å². The number of methoxy groups -OCH3 is 1. The van der Waals surface area contributed by atoms with Crippen LogP contribution in [-0.4, -0.2) is 61.8 Å². The lowest BCUT2D eigenvalue weighted by atomic mass is 10.1. The zero-order valence-corrected chi connectivity index (χ0v) is 12.3. The highest BCUT2D eigenvalue weighted by molar-refractivity contribution is 5.74. The quantitative estimate of drug-likeness (QED) is 0.838. The van der Waals surface area contributed by atoms with Crippen molar-refractivity contribution in [3.63, 3.8) is 0 Å². The summed E-state index contributed by atoms with van der Waals surface area (Å²) in [5.41, 5.74) is 0. The van der Waals surface area contributed by atoms with Crippen molar-refractivity contribution in [1.29, 1.82) is 0 Å². The van der Waals surface area contributed by atoms with Gasteiger partial charge in [-0.3, -0.25) is 0 Å². The highest BCUT2D eigenvalue weighted by Crippen LogP contribution is 2.23. The molecule has 1 aliphatic heterocycles. The van der Waals surface area contributed by atoms with Gasteiger partial charge in [0.05, 0.1) is 7.11 Å². The first-order valence-corrected chi connectivity index (χ1v) is 7.56. The van der Waals surface area contributed by atoms with Crippen molar-refractivity contribution in [1.82, 2.24) is 15.1 Å². The summed E-state index contributed by atoms with van der Waals surface area (Å²) >= 11 is 0. The van der Waals surface area contributed by atoms with Crippen LogP contribution in [0.15, 0.2) is 0 Å². The molecule has 114 valence electrons. The van der Waals surface area contributed by atoms with Gasteiger partial charge in [-0.2, -0.15) is 0 Å². The number of nitrogens with one attached hydrogen (secondary N) is 1. The van der Waals surface area contributed by atoms with Gasteiger partial charge in [-0.1, -0.05) is 12.8 Å². The van der Waals surface area contributed by atoms with Crippen LogP contribution < -0.4 is 5.32 Å². The van der Waals surface area contributed by atoms with Crippen LogP contribution in [0.3, 0.4) is 0 Å². The maximum atomic E-state index is 12.1. The van der Waals surface area contributed by atoms with Crippen LogP contribution in [0, 0.1) is 5.92 Å². The fraction of sp³-hybridized carbons (Fsp3) is 0.857. The third-order valence-corrected chi connectivity index (χ3v) is 4.23. The molecule has 1 aliphatic carbocycles. The Hall–Kier alpha value is -1.46. The van der Waals surface area contributed by atoms with Gasteiger partial charge in [-0.25, -0.2) is 9.59 Å². The molecule has 2 aliphatic rings. The van der Waals surface area contributed by atoms with E-state index in [1.807, 2.05) is 0 Å². The number of amides is 3. The van der Waals surface area contributed by atoms with Crippen molar-refractivity contribution in [2.45, 2.75) is 32.1 Å². The summed E-state index contributed by atoms with van der Waals surface area (Å²) in [4.78, 5) is 27.1. The van der Waals surface area contributed by atoms with Crippen LogP contribution >= 0.6 is 0 Å². The first kappa shape index (κ1) is 14.9. The number of rotatable bonds is 2. The standard InChI is InChI=1S/C14H25N3O3/c1-20-14(19)17-8-4-7-16(9-10-17)13(18)15-11-12-5-2-3-6-12/h12H,2-11H2,1H3,(H,15,18). The maximum Gasteiger partial charge on any atom is 0.409 e. The predicted octanol–water partition coefficient (Wildman–Crippen LogP) is 1.66. The molecule has 1 saturated carbocycles. The van der Waals surface area contributed by atoms with Gasteiger partial charge >= 0.3 is 12.1 Å². The topological polar surface area (TPSA) is 61.9 Å². The summed E-state index contributed by atoms with van der Waals surface area (Å²) in [6.45, 7) is 3.26. The zero-order valence-electron chi connectivity index (χ0n) is 12.3. The molecule has 6 heteroatoms. The van der Waals surface area contributed by atoms with Crippen molar-refractivity contribution in [3.8, 4) is 0 Å². The van der Waals surface area contributed by atoms with E-state index in [2.05, 4.69) is 5.32 Å². The smallest absolute Gasteiger partial charge is 0.409 e. The summed E-state index contributed by atoms with van der Waals surface area (Å²) in [5.74, 6) is 0.650. The second-order valence-corrected chi connectivity index (χ2v) is 5.63. The van der Waals surface area contributed by atoms with Crippen LogP contribution in [0.2, 0.25) is 0 Å². The molecule has 20 heavy (non-hydrogen) atoms. The van der Waals surface area contributed by atoms with Gasteiger partial charge in [-0.05, 0) is 25.2 Å². The molecule has 3 amide bonds. The van der Waals surface area contributed by atoms with Gasteiger partial charge < -0.3 is 19.9 Å². The van der Waals surface area contributed by atoms with E-state index < -0.39 is 0 Å². The molecule has 0 aromatic carbocycles. The Morgan fingerprint density at radius 1 is 1.05 bits per heavy atom. The Labute approximate surface area is 120 Å². The SMILES string of the molecule is COC(=O)N1CCCN(C(=O)NCC2CCCC2)CC1. The first-order valence-electron chi connectivity index (χ1n) is 7.56. The molecular formula is C14H25N3O3. The summed E-state index contributed by atoms with van der Waals surface area (Å²) in [6.07, 6.45) is 5.54. The van der Waals surface area contributed by atoms with Gasteiger partial charge in [0.25, 0.3) is 0 Å². The van der Waals surface area contributed by atoms with Crippen LogP contribution in [-0.2, 0) is 4.74 Å². The van der Waals surface area contributed by atoms with E-state index in [4.69, 9.17) is 4.74 Å². The number of hydrogen-bond acceptors (Lipinski definition) is 3. The molecule has 0 aromatic rings. The molecule has 1 N–H and O–H groups in total. The molecule has 1 saturated heterocycles. The van der Waals surface area contributed by atoms with Crippen molar-refractivity contribution >= 4 is 12.1 Å². The fourth-order valence-electron chi connectivity index (χ4n) is 2.99. The fourth-order valence-corrected chi connectivity index (χ4v) is 2.99. The molecule has 1 heterocycles. The molecule has 0 radical (unpaired) electrons. The minimum Gasteiger partial charge on any atom is -0.453 e. The molecule has 0 spiro atoms. The molecular weight excluding hydrogens is 258 g/mol. The first-order chi connectivity index (χ1) is 9.70. The predicted molar refractivity (Wildman–Crippen MR) is 75.5 cm³/mol. The average Bonchev–Trinajstić information content (AvgIpc) is 2.86. The average molecular weight is 283 g/mol. The highest BCUT2D eigenvalue weighted by atomic mass is 16.5. The van der Waals surface area contributed by atoms with Crippen LogP contribution in [0.1, 0.15) is 32.1 Å². The van der Waals surface area contributed by atoms with Crippen LogP contribution in [0.25, 0.3) is 0 Å². The second kappa shape index (κ2) is 7.36. The normalized spacial score (nSPS) is 20.6. The van der Waals surface area contributed by atoms with Gasteiger partial charge in [0.15, 0.2) is 0 Å². The van der Waals surface area contributed by atoms with Crippen molar-refractivity contribution < 1.29 is 14.3 Å². The lowest BCUT2D eigenvalue weighted by Crippen LogP contribution is -2.43. The van der Waals surface area contributed by atoms with E-state index in [9.17, 15) is 9.59 Å². The van der Waals surface area contributed by atoms with Gasteiger partial charge in [0, 0.05) is 32.7 Å². The summed E-state index contributed by atoms with van der Waals surface area (Å²) < 4.78 is 4.72. The lowest BCUT2D eigenvalue weighted by Gasteiger charge is -2.22. The molecule has 0 aromatic heterocycles. The number of carbonyl (C=O) groups is 2. The van der Waals surface area contributed by atoms with Gasteiger partial charge in [-0.15, -0.1) is 0 Å². The Kier molecular flexibility index (Phi) is 5.49. The molecule has 0 atom stereocenters. The van der Waals surface area contributed by atoms with Crippen molar-refractivity contribution in [3.05, 3.63) is 0 Å². The Balaban J connectivity index is 1.74. The lowest BCUT2D eigenvalue weighted by molar-refractivity contribution is 0.125. The van der Waals surface area contributed by atoms with Crippen molar-refractivity contribution in [2.24, 2.45) is 5.92 Å². The molecule has 2 fully saturated rings. The summed E-state index contributed by atoms with van der Waals surface area (Å²) in [6, 6.07) is 0.00335. The van der Waals surface area contributed by atoms with Gasteiger partial charge in [0.2, 0.25) is 0 Å². The Bertz CT molecular complexity index is 343. The van der Waals surface area contributed by atoms with Gasteiger partial charge in [0.1, 0.15) is 0 Å². The molecule has 0 bridgehead atoms. The zero-order chi connectivity index (χ0) is 14.4. The minimum atomic E-state index is -0.307. The number of urea groups is 1. The molecule has 6 nitrogen and oxygen atoms in total.